The van der Waals surface area contributed by atoms with Crippen LogP contribution < -0.4 is 26.0 Å². The molecule has 60 heavy (non-hydrogen) atoms. The Bertz CT molecular complexity index is 2480. The Morgan fingerprint density at radius 2 is 1.82 bits per heavy atom. The zero-order chi connectivity index (χ0) is 43.1. The van der Waals surface area contributed by atoms with Gasteiger partial charge in [-0.15, -0.1) is 0 Å². The van der Waals surface area contributed by atoms with Gasteiger partial charge in [0.2, 0.25) is 23.7 Å². The van der Waals surface area contributed by atoms with Crippen LogP contribution in [0.15, 0.2) is 60.8 Å². The van der Waals surface area contributed by atoms with Gasteiger partial charge in [-0.05, 0) is 93.5 Å². The second-order valence-electron chi connectivity index (χ2n) is 15.1. The first-order valence-corrected chi connectivity index (χ1v) is 22.6. The minimum atomic E-state index is -2.58. The first kappa shape index (κ1) is 43.5. The number of nitrogens with zero attached hydrogens (tertiary/aromatic N) is 4. The number of aryl methyl sites for hydroxylation is 1. The van der Waals surface area contributed by atoms with Crippen LogP contribution in [-0.4, -0.2) is 89.4 Å². The molecule has 0 aliphatic carbocycles. The fraction of sp³-hybridized carbons (Fsp3) is 0.341. The predicted molar refractivity (Wildman–Crippen MR) is 231 cm³/mol. The van der Waals surface area contributed by atoms with Gasteiger partial charge >= 0.3 is 0 Å². The highest BCUT2D eigenvalue weighted by Gasteiger charge is 2.45. The van der Waals surface area contributed by atoms with E-state index in [4.69, 9.17) is 16.3 Å². The molecule has 3 N–H and O–H groups in total. The molecule has 14 nitrogen and oxygen atoms in total. The SMILES string of the molecule is COc1cc(CCN(C)C(=O)CCCCCC#Cc2cccc3c2C(=O)N(C2CCC(=O)NC2=O)C3=O)c(C)cc1Nc1ncc(Cl)c(Nc2ccccc2P(C)(C)=O)n1. The molecule has 6 rings (SSSR count). The fourth-order valence-electron chi connectivity index (χ4n) is 7.12. The van der Waals surface area contributed by atoms with Crippen molar-refractivity contribution in [3.8, 4) is 17.6 Å². The molecule has 1 aromatic heterocycles. The van der Waals surface area contributed by atoms with Crippen LogP contribution in [-0.2, 0) is 25.4 Å². The zero-order valence-corrected chi connectivity index (χ0v) is 35.8. The maximum atomic E-state index is 13.3. The second-order valence-corrected chi connectivity index (χ2v) is 18.7. The number of aromatic nitrogens is 2. The standard InChI is InChI=1S/C44H47ClN7O7P/c1-27-24-33(48-44-46-26-31(45)40(50-44)47-32-17-11-12-18-36(32)60(4,5)58)35(59-3)25-29(27)22-23-51(2)38(54)19-10-8-6-7-9-14-28-15-13-16-30-39(28)43(57)52(42(30)56)34-20-21-37(53)49-41(34)55/h11-13,15-18,24-26,34H,6-8,10,19-23H2,1-5H3,(H,49,53,55)(H2,46,47,48,50). The molecule has 3 heterocycles. The quantitative estimate of drug-likeness (QED) is 0.0509. The van der Waals surface area contributed by atoms with Crippen LogP contribution in [0.25, 0.3) is 0 Å². The molecule has 16 heteroatoms. The number of para-hydroxylation sites is 1. The van der Waals surface area contributed by atoms with Crippen LogP contribution >= 0.6 is 18.7 Å². The molecule has 5 amide bonds. The number of ether oxygens (including phenoxy) is 1. The van der Waals surface area contributed by atoms with E-state index < -0.39 is 36.8 Å². The van der Waals surface area contributed by atoms with E-state index in [1.54, 1.807) is 50.6 Å². The van der Waals surface area contributed by atoms with Gasteiger partial charge in [0.15, 0.2) is 5.82 Å². The fourth-order valence-corrected chi connectivity index (χ4v) is 8.42. The van der Waals surface area contributed by atoms with Gasteiger partial charge in [-0.3, -0.25) is 34.2 Å². The highest BCUT2D eigenvalue weighted by atomic mass is 35.5. The third-order valence-electron chi connectivity index (χ3n) is 10.4. The summed E-state index contributed by atoms with van der Waals surface area (Å²) in [6.45, 7) is 5.92. The third-order valence-corrected chi connectivity index (χ3v) is 12.2. The van der Waals surface area contributed by atoms with Crippen molar-refractivity contribution in [2.24, 2.45) is 0 Å². The number of anilines is 4. The molecule has 0 spiro atoms. The number of carbonyl (C=O) groups is 5. The first-order valence-electron chi connectivity index (χ1n) is 19.6. The number of imide groups is 2. The maximum Gasteiger partial charge on any atom is 0.263 e. The molecule has 312 valence electrons. The van der Waals surface area contributed by atoms with Crippen LogP contribution in [0.4, 0.5) is 23.1 Å². The smallest absolute Gasteiger partial charge is 0.263 e. The van der Waals surface area contributed by atoms with Gasteiger partial charge < -0.3 is 24.8 Å². The zero-order valence-electron chi connectivity index (χ0n) is 34.2. The number of hydrogen-bond donors (Lipinski definition) is 3. The number of nitrogens with one attached hydrogen (secondary N) is 3. The highest BCUT2D eigenvalue weighted by Crippen LogP contribution is 2.39. The number of amides is 5. The van der Waals surface area contributed by atoms with Crippen LogP contribution in [0.5, 0.6) is 5.75 Å². The van der Waals surface area contributed by atoms with E-state index in [2.05, 4.69) is 37.8 Å². The number of piperidine rings is 1. The molecule has 0 saturated carbocycles. The molecule has 0 radical (unpaired) electrons. The molecule has 1 fully saturated rings. The Labute approximate surface area is 354 Å². The van der Waals surface area contributed by atoms with Crippen molar-refractivity contribution in [3.63, 3.8) is 0 Å². The molecule has 2 aliphatic rings. The van der Waals surface area contributed by atoms with Gasteiger partial charge in [0, 0.05) is 43.7 Å². The molecular formula is C44H47ClN7O7P. The van der Waals surface area contributed by atoms with E-state index in [0.717, 1.165) is 28.9 Å². The molecule has 3 aromatic carbocycles. The Balaban J connectivity index is 0.972. The number of fused-ring (bicyclic) bond motifs is 1. The van der Waals surface area contributed by atoms with Crippen molar-refractivity contribution < 1.29 is 33.3 Å². The summed E-state index contributed by atoms with van der Waals surface area (Å²) in [5.74, 6) is 5.13. The van der Waals surface area contributed by atoms with Crippen molar-refractivity contribution in [1.82, 2.24) is 25.1 Å². The number of hydrogen-bond acceptors (Lipinski definition) is 11. The lowest BCUT2D eigenvalue weighted by atomic mass is 10.0. The van der Waals surface area contributed by atoms with E-state index in [1.807, 2.05) is 43.3 Å². The van der Waals surface area contributed by atoms with Gasteiger partial charge in [0.1, 0.15) is 24.0 Å². The topological polar surface area (TPSA) is 180 Å². The second kappa shape index (κ2) is 18.9. The molecule has 2 aliphatic heterocycles. The lowest BCUT2D eigenvalue weighted by molar-refractivity contribution is -0.136. The number of halogens is 1. The number of benzene rings is 3. The average molecular weight is 852 g/mol. The lowest BCUT2D eigenvalue weighted by Gasteiger charge is -2.27. The summed E-state index contributed by atoms with van der Waals surface area (Å²) in [5, 5.41) is 9.63. The van der Waals surface area contributed by atoms with E-state index in [0.29, 0.717) is 71.1 Å². The summed E-state index contributed by atoms with van der Waals surface area (Å²) in [5.41, 5.74) is 4.11. The van der Waals surface area contributed by atoms with Crippen molar-refractivity contribution >= 4 is 76.7 Å². The summed E-state index contributed by atoms with van der Waals surface area (Å²) in [7, 11) is 0.798. The summed E-state index contributed by atoms with van der Waals surface area (Å²) in [6, 6.07) is 15.1. The van der Waals surface area contributed by atoms with E-state index in [9.17, 15) is 28.5 Å². The Morgan fingerprint density at radius 3 is 2.57 bits per heavy atom. The first-order chi connectivity index (χ1) is 28.7. The van der Waals surface area contributed by atoms with Gasteiger partial charge in [-0.2, -0.15) is 4.98 Å². The summed E-state index contributed by atoms with van der Waals surface area (Å²) >= 11 is 6.45. The van der Waals surface area contributed by atoms with Crippen molar-refractivity contribution in [2.75, 3.05) is 44.7 Å². The number of carbonyl (C=O) groups excluding carboxylic acids is 5. The van der Waals surface area contributed by atoms with Crippen LogP contribution in [0, 0.1) is 18.8 Å². The minimum Gasteiger partial charge on any atom is -0.495 e. The number of methoxy groups -OCH3 is 1. The number of rotatable bonds is 15. The van der Waals surface area contributed by atoms with Crippen molar-refractivity contribution in [2.45, 2.75) is 64.3 Å². The Kier molecular flexibility index (Phi) is 13.7. The van der Waals surface area contributed by atoms with Crippen LogP contribution in [0.2, 0.25) is 5.02 Å². The van der Waals surface area contributed by atoms with E-state index in [1.165, 1.54) is 6.20 Å². The Morgan fingerprint density at radius 1 is 1.03 bits per heavy atom. The molecule has 1 saturated heterocycles. The molecule has 1 atom stereocenters. The van der Waals surface area contributed by atoms with Crippen molar-refractivity contribution in [1.29, 1.82) is 0 Å². The maximum absolute atomic E-state index is 13.3. The van der Waals surface area contributed by atoms with Gasteiger partial charge in [0.25, 0.3) is 11.8 Å². The highest BCUT2D eigenvalue weighted by molar-refractivity contribution is 7.70. The summed E-state index contributed by atoms with van der Waals surface area (Å²) < 4.78 is 18.6. The monoisotopic (exact) mass is 851 g/mol. The summed E-state index contributed by atoms with van der Waals surface area (Å²) in [4.78, 5) is 75.0. The van der Waals surface area contributed by atoms with E-state index in [-0.39, 0.29) is 35.8 Å². The summed E-state index contributed by atoms with van der Waals surface area (Å²) in [6.07, 6.45) is 5.41. The van der Waals surface area contributed by atoms with Crippen LogP contribution in [0.3, 0.4) is 0 Å². The van der Waals surface area contributed by atoms with Gasteiger partial charge in [0.05, 0.1) is 35.8 Å². The van der Waals surface area contributed by atoms with Gasteiger partial charge in [-0.1, -0.05) is 48.1 Å². The average Bonchev–Trinajstić information content (AvgIpc) is 3.46. The number of unbranched alkanes of at least 4 members (excludes halogenated alkanes) is 3. The lowest BCUT2D eigenvalue weighted by Crippen LogP contribution is -2.54. The van der Waals surface area contributed by atoms with Gasteiger partial charge in [-0.25, -0.2) is 4.98 Å². The molecule has 4 aromatic rings. The molecule has 1 unspecified atom stereocenters. The molecular weight excluding hydrogens is 805 g/mol. The molecule has 0 bridgehead atoms. The third kappa shape index (κ3) is 10.0. The van der Waals surface area contributed by atoms with E-state index >= 15 is 0 Å². The predicted octanol–water partition coefficient (Wildman–Crippen LogP) is 6.59. The Hall–Kier alpha value is -6.03. The van der Waals surface area contributed by atoms with Crippen molar-refractivity contribution in [3.05, 3.63) is 93.6 Å². The normalized spacial score (nSPS) is 14.9. The number of likely N-dealkylation sites (N-methyl/N-ethyl adjacent to an activating group) is 1. The van der Waals surface area contributed by atoms with Crippen LogP contribution in [0.1, 0.15) is 82.4 Å². The largest absolute Gasteiger partial charge is 0.495 e. The minimum absolute atomic E-state index is 0.0419.